The molecule has 2 N–H and O–H groups in total. The number of nitrogens with zero attached hydrogens (tertiary/aromatic N) is 2. The molecule has 0 saturated heterocycles. The number of hydrogen-bond donors (Lipinski definition) is 1. The van der Waals surface area contributed by atoms with E-state index in [9.17, 15) is 0 Å². The summed E-state index contributed by atoms with van der Waals surface area (Å²) < 4.78 is 7.44. The minimum absolute atomic E-state index is 0.00292. The van der Waals surface area contributed by atoms with E-state index in [1.54, 1.807) is 7.11 Å². The van der Waals surface area contributed by atoms with Crippen molar-refractivity contribution in [3.63, 3.8) is 0 Å². The van der Waals surface area contributed by atoms with Crippen LogP contribution in [0.3, 0.4) is 0 Å². The Kier molecular flexibility index (Phi) is 4.14. The predicted octanol–water partition coefficient (Wildman–Crippen LogP) is 2.88. The van der Waals surface area contributed by atoms with E-state index >= 15 is 0 Å². The van der Waals surface area contributed by atoms with Crippen molar-refractivity contribution in [1.29, 1.82) is 0 Å². The van der Waals surface area contributed by atoms with Gasteiger partial charge >= 0.3 is 0 Å². The molecule has 1 unspecified atom stereocenters. The number of aromatic nitrogens is 2. The Morgan fingerprint density at radius 2 is 2.00 bits per heavy atom. The molecule has 4 nitrogen and oxygen atoms in total. The molecule has 1 aromatic heterocycles. The van der Waals surface area contributed by atoms with Crippen LogP contribution in [0.2, 0.25) is 0 Å². The van der Waals surface area contributed by atoms with Crippen LogP contribution in [0.1, 0.15) is 41.0 Å². The average molecular weight is 273 g/mol. The monoisotopic (exact) mass is 273 g/mol. The van der Waals surface area contributed by atoms with E-state index in [0.717, 1.165) is 28.3 Å². The molecule has 1 aromatic carbocycles. The Labute approximate surface area is 120 Å². The Morgan fingerprint density at radius 3 is 2.55 bits per heavy atom. The third kappa shape index (κ3) is 2.70. The van der Waals surface area contributed by atoms with Crippen molar-refractivity contribution in [3.8, 4) is 5.75 Å². The van der Waals surface area contributed by atoms with Crippen LogP contribution in [-0.2, 0) is 6.54 Å². The van der Waals surface area contributed by atoms with Crippen LogP contribution in [0.5, 0.6) is 5.75 Å². The highest BCUT2D eigenvalue weighted by Crippen LogP contribution is 2.24. The molecule has 0 radical (unpaired) electrons. The summed E-state index contributed by atoms with van der Waals surface area (Å²) >= 11 is 0. The molecule has 0 aliphatic carbocycles. The standard InChI is InChI=1S/C16H23N3O/c1-10-6-7-15(20-5)14(8-10)9-19-13(4)16(11(2)17)12(3)18-19/h6-8,11H,9,17H2,1-5H3. The SMILES string of the molecule is COc1ccc(C)cc1Cn1nc(C)c(C(C)N)c1C. The van der Waals surface area contributed by atoms with Crippen LogP contribution >= 0.6 is 0 Å². The van der Waals surface area contributed by atoms with Crippen molar-refractivity contribution in [2.24, 2.45) is 5.73 Å². The van der Waals surface area contributed by atoms with Gasteiger partial charge in [-0.05, 0) is 33.8 Å². The first-order chi connectivity index (χ1) is 9.43. The molecule has 2 rings (SSSR count). The summed E-state index contributed by atoms with van der Waals surface area (Å²) in [4.78, 5) is 0. The maximum Gasteiger partial charge on any atom is 0.123 e. The molecule has 2 aromatic rings. The minimum Gasteiger partial charge on any atom is -0.496 e. The van der Waals surface area contributed by atoms with Crippen LogP contribution in [0.25, 0.3) is 0 Å². The second-order valence-electron chi connectivity index (χ2n) is 5.35. The van der Waals surface area contributed by atoms with Gasteiger partial charge < -0.3 is 10.5 Å². The molecule has 108 valence electrons. The molecule has 0 saturated carbocycles. The van der Waals surface area contributed by atoms with E-state index in [1.807, 2.05) is 24.6 Å². The van der Waals surface area contributed by atoms with Crippen molar-refractivity contribution in [3.05, 3.63) is 46.3 Å². The van der Waals surface area contributed by atoms with Crippen LogP contribution in [0.4, 0.5) is 0 Å². The average Bonchev–Trinajstić information content (AvgIpc) is 2.64. The van der Waals surface area contributed by atoms with Crippen molar-refractivity contribution in [2.75, 3.05) is 7.11 Å². The van der Waals surface area contributed by atoms with Gasteiger partial charge in [-0.3, -0.25) is 4.68 Å². The fraction of sp³-hybridized carbons (Fsp3) is 0.438. The first-order valence-corrected chi connectivity index (χ1v) is 6.87. The van der Waals surface area contributed by atoms with Crippen molar-refractivity contribution in [2.45, 2.75) is 40.3 Å². The summed E-state index contributed by atoms with van der Waals surface area (Å²) in [6.07, 6.45) is 0. The number of methoxy groups -OCH3 is 1. The molecule has 0 aliphatic rings. The van der Waals surface area contributed by atoms with Gasteiger partial charge in [-0.25, -0.2) is 0 Å². The zero-order chi connectivity index (χ0) is 14.9. The van der Waals surface area contributed by atoms with Crippen LogP contribution in [0.15, 0.2) is 18.2 Å². The number of aryl methyl sites for hydroxylation is 2. The highest BCUT2D eigenvalue weighted by molar-refractivity contribution is 5.38. The largest absolute Gasteiger partial charge is 0.496 e. The van der Waals surface area contributed by atoms with Gasteiger partial charge in [0.2, 0.25) is 0 Å². The lowest BCUT2D eigenvalue weighted by Crippen LogP contribution is -2.09. The molecule has 4 heteroatoms. The lowest BCUT2D eigenvalue weighted by atomic mass is 10.1. The molecular weight excluding hydrogens is 250 g/mol. The van der Waals surface area contributed by atoms with E-state index in [1.165, 1.54) is 5.56 Å². The van der Waals surface area contributed by atoms with E-state index in [-0.39, 0.29) is 6.04 Å². The molecule has 0 fully saturated rings. The van der Waals surface area contributed by atoms with Crippen LogP contribution < -0.4 is 10.5 Å². The highest BCUT2D eigenvalue weighted by atomic mass is 16.5. The Hall–Kier alpha value is -1.81. The van der Waals surface area contributed by atoms with Gasteiger partial charge in [0.15, 0.2) is 0 Å². The molecule has 20 heavy (non-hydrogen) atoms. The van der Waals surface area contributed by atoms with E-state index in [0.29, 0.717) is 6.54 Å². The van der Waals surface area contributed by atoms with Crippen molar-refractivity contribution < 1.29 is 4.74 Å². The molecule has 0 spiro atoms. The number of ether oxygens (including phenoxy) is 1. The van der Waals surface area contributed by atoms with Gasteiger partial charge in [0.25, 0.3) is 0 Å². The number of nitrogens with two attached hydrogens (primary N) is 1. The van der Waals surface area contributed by atoms with E-state index in [4.69, 9.17) is 10.5 Å². The summed E-state index contributed by atoms with van der Waals surface area (Å²) in [6.45, 7) is 8.85. The fourth-order valence-corrected chi connectivity index (χ4v) is 2.72. The zero-order valence-electron chi connectivity index (χ0n) is 12.9. The quantitative estimate of drug-likeness (QED) is 0.932. The molecule has 1 atom stereocenters. The number of rotatable bonds is 4. The second kappa shape index (κ2) is 5.67. The normalized spacial score (nSPS) is 12.5. The predicted molar refractivity (Wildman–Crippen MR) is 81.1 cm³/mol. The van der Waals surface area contributed by atoms with Gasteiger partial charge in [0.05, 0.1) is 19.3 Å². The topological polar surface area (TPSA) is 53.1 Å². The summed E-state index contributed by atoms with van der Waals surface area (Å²) in [6, 6.07) is 6.20. The molecular formula is C16H23N3O. The highest BCUT2D eigenvalue weighted by Gasteiger charge is 2.15. The summed E-state index contributed by atoms with van der Waals surface area (Å²) in [5, 5.41) is 4.61. The molecule has 0 amide bonds. The zero-order valence-corrected chi connectivity index (χ0v) is 12.9. The Bertz CT molecular complexity index is 614. The third-order valence-corrected chi connectivity index (χ3v) is 3.65. The van der Waals surface area contributed by atoms with Gasteiger partial charge in [-0.2, -0.15) is 5.10 Å². The van der Waals surface area contributed by atoms with Gasteiger partial charge in [0.1, 0.15) is 5.75 Å². The lowest BCUT2D eigenvalue weighted by Gasteiger charge is -2.11. The summed E-state index contributed by atoms with van der Waals surface area (Å²) in [5.41, 5.74) is 11.6. The maximum atomic E-state index is 6.02. The molecule has 1 heterocycles. The van der Waals surface area contributed by atoms with Crippen LogP contribution in [-0.4, -0.2) is 16.9 Å². The van der Waals surface area contributed by atoms with E-state index in [2.05, 4.69) is 31.1 Å². The Morgan fingerprint density at radius 1 is 1.30 bits per heavy atom. The fourth-order valence-electron chi connectivity index (χ4n) is 2.72. The van der Waals surface area contributed by atoms with E-state index < -0.39 is 0 Å². The van der Waals surface area contributed by atoms with Crippen molar-refractivity contribution >= 4 is 0 Å². The van der Waals surface area contributed by atoms with Crippen LogP contribution in [0, 0.1) is 20.8 Å². The van der Waals surface area contributed by atoms with Gasteiger partial charge in [-0.1, -0.05) is 17.7 Å². The first-order valence-electron chi connectivity index (χ1n) is 6.87. The first kappa shape index (κ1) is 14.6. The summed E-state index contributed by atoms with van der Waals surface area (Å²) in [7, 11) is 1.70. The van der Waals surface area contributed by atoms with Crippen molar-refractivity contribution in [1.82, 2.24) is 9.78 Å². The maximum absolute atomic E-state index is 6.02. The third-order valence-electron chi connectivity index (χ3n) is 3.65. The Balaban J connectivity index is 2.40. The summed E-state index contributed by atoms with van der Waals surface area (Å²) in [5.74, 6) is 0.894. The lowest BCUT2D eigenvalue weighted by molar-refractivity contribution is 0.407. The second-order valence-corrected chi connectivity index (χ2v) is 5.35. The molecule has 0 aliphatic heterocycles. The van der Waals surface area contributed by atoms with Gasteiger partial charge in [0, 0.05) is 22.9 Å². The molecule has 0 bridgehead atoms. The smallest absolute Gasteiger partial charge is 0.123 e. The minimum atomic E-state index is 0.00292. The van der Waals surface area contributed by atoms with Gasteiger partial charge in [-0.15, -0.1) is 0 Å². The number of hydrogen-bond acceptors (Lipinski definition) is 3. The number of benzene rings is 1.